The maximum atomic E-state index is 10.7. The Morgan fingerprint density at radius 1 is 1.64 bits per heavy atom. The van der Waals surface area contributed by atoms with Crippen molar-refractivity contribution in [2.45, 2.75) is 25.9 Å². The summed E-state index contributed by atoms with van der Waals surface area (Å²) in [5.41, 5.74) is 0. The smallest absolute Gasteiger partial charge is 0.334 e. The first-order chi connectivity index (χ1) is 6.67. The summed E-state index contributed by atoms with van der Waals surface area (Å²) in [6.45, 7) is 4.76. The van der Waals surface area contributed by atoms with E-state index in [-0.39, 0.29) is 0 Å². The molecule has 0 aromatic heterocycles. The van der Waals surface area contributed by atoms with Crippen molar-refractivity contribution in [2.24, 2.45) is 5.92 Å². The lowest BCUT2D eigenvalue weighted by Crippen LogP contribution is -2.51. The van der Waals surface area contributed by atoms with E-state index < -0.39 is 12.1 Å². The lowest BCUT2D eigenvalue weighted by molar-refractivity contribution is -0.150. The molecule has 1 fully saturated rings. The number of likely N-dealkylation sites (tertiary alicyclic amines) is 1. The Balaban J connectivity index is 2.17. The average Bonchev–Trinajstić information content (AvgIpc) is 2.08. The van der Waals surface area contributed by atoms with E-state index in [2.05, 4.69) is 11.8 Å². The lowest BCUT2D eigenvalue weighted by Gasteiger charge is -2.40. The highest BCUT2D eigenvalue weighted by atomic mass is 16.5. The van der Waals surface area contributed by atoms with Crippen LogP contribution in [0.5, 0.6) is 0 Å². The molecule has 1 N–H and O–H groups in total. The zero-order chi connectivity index (χ0) is 10.6. The van der Waals surface area contributed by atoms with Gasteiger partial charge in [-0.15, -0.1) is 0 Å². The standard InChI is InChI=1S/C10H19NO3/c1-3-4-8-5-11(6-8)7-9(14-2)10(12)13/h8-9H,3-7H2,1-2H3,(H,12,13). The summed E-state index contributed by atoms with van der Waals surface area (Å²) in [6.07, 6.45) is 1.80. The molecule has 0 aromatic rings. The van der Waals surface area contributed by atoms with Crippen LogP contribution >= 0.6 is 0 Å². The van der Waals surface area contributed by atoms with E-state index in [0.717, 1.165) is 19.0 Å². The number of hydrogen-bond acceptors (Lipinski definition) is 3. The molecule has 1 saturated heterocycles. The molecule has 0 bridgehead atoms. The van der Waals surface area contributed by atoms with Crippen LogP contribution in [0.2, 0.25) is 0 Å². The summed E-state index contributed by atoms with van der Waals surface area (Å²) < 4.78 is 4.87. The van der Waals surface area contributed by atoms with Crippen molar-refractivity contribution in [3.05, 3.63) is 0 Å². The molecule has 0 spiro atoms. The molecule has 4 heteroatoms. The van der Waals surface area contributed by atoms with Crippen LogP contribution in [-0.2, 0) is 9.53 Å². The molecule has 1 unspecified atom stereocenters. The van der Waals surface area contributed by atoms with Gasteiger partial charge in [0.1, 0.15) is 0 Å². The quantitative estimate of drug-likeness (QED) is 0.691. The third kappa shape index (κ3) is 2.96. The van der Waals surface area contributed by atoms with Crippen LogP contribution in [-0.4, -0.2) is 48.8 Å². The van der Waals surface area contributed by atoms with Crippen molar-refractivity contribution in [2.75, 3.05) is 26.7 Å². The van der Waals surface area contributed by atoms with Gasteiger partial charge in [0, 0.05) is 26.7 Å². The number of rotatable bonds is 6. The molecule has 14 heavy (non-hydrogen) atoms. The summed E-state index contributed by atoms with van der Waals surface area (Å²) in [5, 5.41) is 8.76. The summed E-state index contributed by atoms with van der Waals surface area (Å²) in [5.74, 6) is -0.0993. The minimum absolute atomic E-state index is 0.520. The van der Waals surface area contributed by atoms with Gasteiger partial charge in [-0.1, -0.05) is 13.3 Å². The summed E-state index contributed by atoms with van der Waals surface area (Å²) in [4.78, 5) is 12.8. The number of carboxylic acid groups (broad SMARTS) is 1. The molecule has 0 amide bonds. The molecule has 1 rings (SSSR count). The van der Waals surface area contributed by atoms with Crippen molar-refractivity contribution in [1.29, 1.82) is 0 Å². The molecule has 1 aliphatic heterocycles. The second-order valence-electron chi connectivity index (χ2n) is 3.94. The maximum Gasteiger partial charge on any atom is 0.334 e. The Morgan fingerprint density at radius 2 is 2.29 bits per heavy atom. The predicted molar refractivity (Wildman–Crippen MR) is 53.3 cm³/mol. The maximum absolute atomic E-state index is 10.7. The molecule has 0 radical (unpaired) electrons. The van der Waals surface area contributed by atoms with Gasteiger partial charge in [-0.05, 0) is 12.3 Å². The van der Waals surface area contributed by atoms with E-state index in [9.17, 15) is 4.79 Å². The van der Waals surface area contributed by atoms with E-state index >= 15 is 0 Å². The first-order valence-electron chi connectivity index (χ1n) is 5.15. The molecule has 0 aliphatic carbocycles. The Bertz CT molecular complexity index is 190. The van der Waals surface area contributed by atoms with Gasteiger partial charge in [-0.2, -0.15) is 0 Å². The Morgan fingerprint density at radius 3 is 2.71 bits per heavy atom. The minimum atomic E-state index is -0.869. The van der Waals surface area contributed by atoms with Crippen LogP contribution in [0.15, 0.2) is 0 Å². The van der Waals surface area contributed by atoms with E-state index in [1.807, 2.05) is 0 Å². The van der Waals surface area contributed by atoms with Gasteiger partial charge < -0.3 is 9.84 Å². The van der Waals surface area contributed by atoms with Crippen LogP contribution in [0.25, 0.3) is 0 Å². The highest BCUT2D eigenvalue weighted by molar-refractivity contribution is 5.72. The predicted octanol–water partition coefficient (Wildman–Crippen LogP) is 0.818. The number of ether oxygens (including phenoxy) is 1. The van der Waals surface area contributed by atoms with Crippen LogP contribution in [0.1, 0.15) is 19.8 Å². The Hall–Kier alpha value is -0.610. The molecule has 82 valence electrons. The fourth-order valence-electron chi connectivity index (χ4n) is 1.90. The zero-order valence-electron chi connectivity index (χ0n) is 8.90. The number of carbonyl (C=O) groups is 1. The van der Waals surface area contributed by atoms with Gasteiger partial charge in [-0.3, -0.25) is 4.90 Å². The van der Waals surface area contributed by atoms with Crippen LogP contribution in [0.4, 0.5) is 0 Å². The summed E-state index contributed by atoms with van der Waals surface area (Å²) in [7, 11) is 1.45. The number of nitrogens with zero attached hydrogens (tertiary/aromatic N) is 1. The fourth-order valence-corrected chi connectivity index (χ4v) is 1.90. The second-order valence-corrected chi connectivity index (χ2v) is 3.94. The van der Waals surface area contributed by atoms with Gasteiger partial charge in [0.25, 0.3) is 0 Å². The van der Waals surface area contributed by atoms with Crippen molar-refractivity contribution in [1.82, 2.24) is 4.90 Å². The van der Waals surface area contributed by atoms with E-state index in [4.69, 9.17) is 9.84 Å². The van der Waals surface area contributed by atoms with Crippen molar-refractivity contribution >= 4 is 5.97 Å². The molecular weight excluding hydrogens is 182 g/mol. The largest absolute Gasteiger partial charge is 0.479 e. The molecule has 1 aliphatic rings. The molecule has 0 saturated carbocycles. The lowest BCUT2D eigenvalue weighted by atomic mass is 9.95. The topological polar surface area (TPSA) is 49.8 Å². The first kappa shape index (κ1) is 11.5. The average molecular weight is 201 g/mol. The Labute approximate surface area is 84.8 Å². The van der Waals surface area contributed by atoms with Crippen molar-refractivity contribution in [3.8, 4) is 0 Å². The van der Waals surface area contributed by atoms with Crippen molar-refractivity contribution < 1.29 is 14.6 Å². The molecule has 4 nitrogen and oxygen atoms in total. The normalized spacial score (nSPS) is 20.4. The van der Waals surface area contributed by atoms with E-state index in [1.165, 1.54) is 20.0 Å². The first-order valence-corrected chi connectivity index (χ1v) is 5.15. The zero-order valence-corrected chi connectivity index (χ0v) is 8.90. The van der Waals surface area contributed by atoms with E-state index in [1.54, 1.807) is 0 Å². The van der Waals surface area contributed by atoms with E-state index in [0.29, 0.717) is 6.54 Å². The fraction of sp³-hybridized carbons (Fsp3) is 0.900. The highest BCUT2D eigenvalue weighted by Gasteiger charge is 2.29. The number of methoxy groups -OCH3 is 1. The number of carboxylic acids is 1. The van der Waals surface area contributed by atoms with Gasteiger partial charge in [-0.25, -0.2) is 4.79 Å². The molecular formula is C10H19NO3. The third-order valence-electron chi connectivity index (χ3n) is 2.71. The van der Waals surface area contributed by atoms with Crippen LogP contribution in [0, 0.1) is 5.92 Å². The van der Waals surface area contributed by atoms with Gasteiger partial charge >= 0.3 is 5.97 Å². The van der Waals surface area contributed by atoms with Gasteiger partial charge in [0.05, 0.1) is 0 Å². The number of aliphatic carboxylic acids is 1. The third-order valence-corrected chi connectivity index (χ3v) is 2.71. The monoisotopic (exact) mass is 201 g/mol. The Kier molecular flexibility index (Phi) is 4.35. The van der Waals surface area contributed by atoms with Crippen LogP contribution in [0.3, 0.4) is 0 Å². The van der Waals surface area contributed by atoms with Gasteiger partial charge in [0.2, 0.25) is 0 Å². The molecule has 1 atom stereocenters. The molecule has 1 heterocycles. The van der Waals surface area contributed by atoms with Crippen LogP contribution < -0.4 is 0 Å². The second kappa shape index (κ2) is 5.32. The molecule has 0 aromatic carbocycles. The van der Waals surface area contributed by atoms with Gasteiger partial charge in [0.15, 0.2) is 6.10 Å². The summed E-state index contributed by atoms with van der Waals surface area (Å²) in [6, 6.07) is 0. The summed E-state index contributed by atoms with van der Waals surface area (Å²) >= 11 is 0. The highest BCUT2D eigenvalue weighted by Crippen LogP contribution is 2.20. The SMILES string of the molecule is CCCC1CN(CC(OC)C(=O)O)C1. The minimum Gasteiger partial charge on any atom is -0.479 e. The van der Waals surface area contributed by atoms with Crippen molar-refractivity contribution in [3.63, 3.8) is 0 Å². The number of hydrogen-bond donors (Lipinski definition) is 1.